The van der Waals surface area contributed by atoms with E-state index in [9.17, 15) is 10.2 Å². The quantitative estimate of drug-likeness (QED) is 0.484. The lowest BCUT2D eigenvalue weighted by Gasteiger charge is -2.34. The molecule has 19 heavy (non-hydrogen) atoms. The van der Waals surface area contributed by atoms with E-state index in [0.717, 1.165) is 5.56 Å². The Morgan fingerprint density at radius 1 is 1.26 bits per heavy atom. The van der Waals surface area contributed by atoms with Gasteiger partial charge in [-0.25, -0.2) is 0 Å². The molecule has 0 aliphatic carbocycles. The summed E-state index contributed by atoms with van der Waals surface area (Å²) in [4.78, 5) is 0. The summed E-state index contributed by atoms with van der Waals surface area (Å²) < 4.78 is 0. The molecule has 0 fully saturated rings. The molecule has 0 bridgehead atoms. The van der Waals surface area contributed by atoms with E-state index in [2.05, 4.69) is 20.8 Å². The third kappa shape index (κ3) is 3.61. The van der Waals surface area contributed by atoms with E-state index >= 15 is 0 Å². The Morgan fingerprint density at radius 3 is 2.32 bits per heavy atom. The summed E-state index contributed by atoms with van der Waals surface area (Å²) in [7, 11) is 0. The van der Waals surface area contributed by atoms with Gasteiger partial charge in [-0.2, -0.15) is 0 Å². The number of aliphatic hydroxyl groups is 1. The predicted molar refractivity (Wildman–Crippen MR) is 79.0 cm³/mol. The highest BCUT2D eigenvalue weighted by Gasteiger charge is 2.30. The largest absolute Gasteiger partial charge is 0.506 e. The fraction of sp³-hybridized carbons (Fsp3) is 0.600. The highest BCUT2D eigenvalue weighted by atomic mass is 16.3. The molecular weight excluding hydrogens is 240 g/mol. The third-order valence-electron chi connectivity index (χ3n) is 4.21. The highest BCUT2D eigenvalue weighted by molar-refractivity contribution is 5.54. The van der Waals surface area contributed by atoms with Crippen LogP contribution in [0.2, 0.25) is 0 Å². The summed E-state index contributed by atoms with van der Waals surface area (Å²) in [6.07, 6.45) is 0.104. The van der Waals surface area contributed by atoms with E-state index in [1.165, 1.54) is 0 Å². The van der Waals surface area contributed by atoms with E-state index in [4.69, 9.17) is 11.5 Å². The second kappa shape index (κ2) is 5.80. The number of rotatable bonds is 5. The maximum Gasteiger partial charge on any atom is 0.138 e. The van der Waals surface area contributed by atoms with Crippen molar-refractivity contribution in [2.45, 2.75) is 51.7 Å². The molecule has 0 aliphatic heterocycles. The van der Waals surface area contributed by atoms with Gasteiger partial charge in [-0.3, -0.25) is 0 Å². The van der Waals surface area contributed by atoms with Crippen LogP contribution in [0.1, 0.15) is 39.7 Å². The van der Waals surface area contributed by atoms with Crippen molar-refractivity contribution < 1.29 is 10.2 Å². The summed E-state index contributed by atoms with van der Waals surface area (Å²) >= 11 is 0. The molecule has 0 saturated heterocycles. The smallest absolute Gasteiger partial charge is 0.138 e. The fourth-order valence-electron chi connectivity index (χ4n) is 2.10. The molecule has 0 amide bonds. The van der Waals surface area contributed by atoms with Gasteiger partial charge >= 0.3 is 0 Å². The summed E-state index contributed by atoms with van der Waals surface area (Å²) in [5, 5.41) is 19.6. The van der Waals surface area contributed by atoms with Crippen LogP contribution in [0.25, 0.3) is 0 Å². The van der Waals surface area contributed by atoms with E-state index in [1.54, 1.807) is 19.1 Å². The van der Waals surface area contributed by atoms with E-state index in [1.807, 2.05) is 6.07 Å². The zero-order chi connectivity index (χ0) is 14.8. The molecule has 0 aliphatic rings. The Bertz CT molecular complexity index is 430. The lowest BCUT2D eigenvalue weighted by Crippen LogP contribution is -2.37. The Labute approximate surface area is 115 Å². The van der Waals surface area contributed by atoms with E-state index in [0.29, 0.717) is 12.1 Å². The molecule has 108 valence electrons. The number of hydrogen-bond donors (Lipinski definition) is 4. The Kier molecular flexibility index (Phi) is 4.82. The van der Waals surface area contributed by atoms with Crippen molar-refractivity contribution in [3.8, 4) is 5.75 Å². The molecule has 0 heterocycles. The standard InChI is InChI=1S/C15H26N2O2/c1-9(7-13(18)10(2)16)15(3,4)11-5-6-12(17)14(19)8-11/h5-6,8-10,13,18-19H,7,16-17H2,1-4H3. The van der Waals surface area contributed by atoms with Crippen LogP contribution in [0.5, 0.6) is 5.75 Å². The molecule has 4 heteroatoms. The maximum atomic E-state index is 9.91. The number of nitrogens with two attached hydrogens (primary N) is 2. The number of aliphatic hydroxyl groups excluding tert-OH is 1. The molecule has 0 radical (unpaired) electrons. The Balaban J connectivity index is 2.92. The average molecular weight is 266 g/mol. The Hall–Kier alpha value is -1.26. The number of anilines is 1. The summed E-state index contributed by atoms with van der Waals surface area (Å²) in [6, 6.07) is 5.09. The predicted octanol–water partition coefficient (Wildman–Crippen LogP) is 1.99. The van der Waals surface area contributed by atoms with Gasteiger partial charge in [0.15, 0.2) is 0 Å². The molecule has 3 atom stereocenters. The van der Waals surface area contributed by atoms with Gasteiger partial charge in [0.1, 0.15) is 5.75 Å². The molecule has 3 unspecified atom stereocenters. The molecule has 1 aromatic carbocycles. The minimum absolute atomic E-state index is 0.102. The number of phenols is 1. The molecule has 0 spiro atoms. The summed E-state index contributed by atoms with van der Waals surface area (Å²) in [5.41, 5.74) is 12.5. The number of nitrogen functional groups attached to an aromatic ring is 1. The number of phenolic OH excluding ortho intramolecular Hbond substituents is 1. The number of benzene rings is 1. The highest BCUT2D eigenvalue weighted by Crippen LogP contribution is 2.37. The minimum atomic E-state index is -0.517. The van der Waals surface area contributed by atoms with Gasteiger partial charge in [0, 0.05) is 6.04 Å². The second-order valence-electron chi connectivity index (χ2n) is 6.06. The molecule has 4 nitrogen and oxygen atoms in total. The van der Waals surface area contributed by atoms with Gasteiger partial charge in [-0.05, 0) is 42.4 Å². The second-order valence-corrected chi connectivity index (χ2v) is 6.06. The van der Waals surface area contributed by atoms with Crippen LogP contribution in [0.4, 0.5) is 5.69 Å². The zero-order valence-corrected chi connectivity index (χ0v) is 12.2. The topological polar surface area (TPSA) is 92.5 Å². The molecular formula is C15H26N2O2. The average Bonchev–Trinajstić information content (AvgIpc) is 2.32. The molecule has 0 aromatic heterocycles. The SMILES string of the molecule is CC(N)C(O)CC(C)C(C)(C)c1ccc(N)c(O)c1. The van der Waals surface area contributed by atoms with Crippen LogP contribution in [-0.2, 0) is 5.41 Å². The van der Waals surface area contributed by atoms with Gasteiger partial charge in [0.05, 0.1) is 11.8 Å². The number of aromatic hydroxyl groups is 1. The van der Waals surface area contributed by atoms with Gasteiger partial charge < -0.3 is 21.7 Å². The van der Waals surface area contributed by atoms with Crippen LogP contribution in [0.3, 0.4) is 0 Å². The minimum Gasteiger partial charge on any atom is -0.506 e. The first kappa shape index (κ1) is 15.8. The molecule has 0 saturated carbocycles. The van der Waals surface area contributed by atoms with Gasteiger partial charge in [-0.1, -0.05) is 26.8 Å². The third-order valence-corrected chi connectivity index (χ3v) is 4.21. The Morgan fingerprint density at radius 2 is 1.84 bits per heavy atom. The summed E-state index contributed by atoms with van der Waals surface area (Å²) in [6.45, 7) is 8.07. The van der Waals surface area contributed by atoms with E-state index in [-0.39, 0.29) is 23.1 Å². The van der Waals surface area contributed by atoms with Crippen LogP contribution < -0.4 is 11.5 Å². The number of hydrogen-bond acceptors (Lipinski definition) is 4. The molecule has 1 aromatic rings. The monoisotopic (exact) mass is 266 g/mol. The van der Waals surface area contributed by atoms with Crippen LogP contribution in [-0.4, -0.2) is 22.4 Å². The van der Waals surface area contributed by atoms with Gasteiger partial charge in [0.2, 0.25) is 0 Å². The first-order valence-electron chi connectivity index (χ1n) is 6.69. The van der Waals surface area contributed by atoms with Crippen molar-refractivity contribution in [2.24, 2.45) is 11.7 Å². The normalized spacial score (nSPS) is 16.9. The van der Waals surface area contributed by atoms with Crippen LogP contribution in [0, 0.1) is 5.92 Å². The zero-order valence-electron chi connectivity index (χ0n) is 12.2. The van der Waals surface area contributed by atoms with Gasteiger partial charge in [0.25, 0.3) is 0 Å². The van der Waals surface area contributed by atoms with Gasteiger partial charge in [-0.15, -0.1) is 0 Å². The van der Waals surface area contributed by atoms with E-state index < -0.39 is 6.10 Å². The maximum absolute atomic E-state index is 9.91. The van der Waals surface area contributed by atoms with Crippen molar-refractivity contribution in [1.29, 1.82) is 0 Å². The van der Waals surface area contributed by atoms with Crippen molar-refractivity contribution in [2.75, 3.05) is 5.73 Å². The van der Waals surface area contributed by atoms with Crippen molar-refractivity contribution in [3.05, 3.63) is 23.8 Å². The summed E-state index contributed by atoms with van der Waals surface area (Å²) in [5.74, 6) is 0.321. The fourth-order valence-corrected chi connectivity index (χ4v) is 2.10. The van der Waals surface area contributed by atoms with Crippen molar-refractivity contribution in [1.82, 2.24) is 0 Å². The van der Waals surface area contributed by atoms with Crippen LogP contribution >= 0.6 is 0 Å². The molecule has 1 rings (SSSR count). The van der Waals surface area contributed by atoms with Crippen molar-refractivity contribution >= 4 is 5.69 Å². The lowest BCUT2D eigenvalue weighted by atomic mass is 9.71. The van der Waals surface area contributed by atoms with Crippen molar-refractivity contribution in [3.63, 3.8) is 0 Å². The first-order valence-corrected chi connectivity index (χ1v) is 6.69. The van der Waals surface area contributed by atoms with Crippen LogP contribution in [0.15, 0.2) is 18.2 Å². The lowest BCUT2D eigenvalue weighted by molar-refractivity contribution is 0.107. The first-order chi connectivity index (χ1) is 8.66. The molecule has 6 N–H and O–H groups in total.